The predicted octanol–water partition coefficient (Wildman–Crippen LogP) is 5.09. The number of imidazole rings is 2. The lowest BCUT2D eigenvalue weighted by Crippen LogP contribution is -2.16. The minimum atomic E-state index is -0.279. The number of pyridine rings is 2. The molecule has 4 aromatic carbocycles. The number of rotatable bonds is 6. The lowest BCUT2D eigenvalue weighted by atomic mass is 10.1. The number of carbonyl (C=O) groups excluding carboxylic acids is 2. The van der Waals surface area contributed by atoms with Gasteiger partial charge in [-0.2, -0.15) is 10.5 Å². The number of fused-ring (bicyclic) bond motifs is 4. The summed E-state index contributed by atoms with van der Waals surface area (Å²) in [6.07, 6.45) is 4.35. The standard InChI is InChI=1S/2C21H16N6O2/c2*22-9-12-6-14(12)20(28)26-19-7-11-5-13(8-16(23)15(11)10-24-19)27-18-4-2-1-3-17(18)25-21(27)29/h2*1-5,7-8,10,12,14H,6,23H2,(H,25,29)(H,24,26,28)/t2*12-,14+/m10/s1. The smallest absolute Gasteiger partial charge is 0.331 e. The number of nitrogen functional groups attached to an aromatic ring is 2. The molecule has 10 rings (SSSR count). The van der Waals surface area contributed by atoms with E-state index < -0.39 is 0 Å². The number of benzene rings is 4. The van der Waals surface area contributed by atoms with Gasteiger partial charge in [0.1, 0.15) is 11.6 Å². The van der Waals surface area contributed by atoms with Crippen LogP contribution in [0.5, 0.6) is 0 Å². The fraction of sp³-hybridized carbons (Fsp3) is 0.143. The molecule has 4 atom stereocenters. The number of hydrogen-bond donors (Lipinski definition) is 6. The molecule has 2 saturated carbocycles. The maximum Gasteiger partial charge on any atom is 0.331 e. The quantitative estimate of drug-likeness (QED) is 0.122. The molecule has 8 N–H and O–H groups in total. The van der Waals surface area contributed by atoms with Gasteiger partial charge in [-0.1, -0.05) is 24.3 Å². The molecule has 4 aromatic heterocycles. The number of aromatic nitrogens is 6. The lowest BCUT2D eigenvalue weighted by Gasteiger charge is -2.10. The SMILES string of the molecule is N#C[C@@H]1C[C@H]1C(=O)Nc1cc2cc(-n3c(=O)[nH]c4ccccc43)cc(N)c2cn1.N#C[C@H]1C[C@@H]1C(=O)Nc1cc2cc(-n3c(=O)[nH]c4ccccc43)cc(N)c2cn1. The molecule has 284 valence electrons. The minimum absolute atomic E-state index is 0.208. The Morgan fingerprint density at radius 2 is 1.07 bits per heavy atom. The van der Waals surface area contributed by atoms with Crippen molar-refractivity contribution in [2.24, 2.45) is 23.7 Å². The van der Waals surface area contributed by atoms with Gasteiger partial charge >= 0.3 is 11.4 Å². The number of anilines is 4. The van der Waals surface area contributed by atoms with Gasteiger partial charge < -0.3 is 32.1 Å². The second-order valence-corrected chi connectivity index (χ2v) is 14.4. The fourth-order valence-corrected chi connectivity index (χ4v) is 7.25. The summed E-state index contributed by atoms with van der Waals surface area (Å²) in [6, 6.07) is 29.6. The van der Waals surface area contributed by atoms with Crippen molar-refractivity contribution >= 4 is 78.4 Å². The summed E-state index contributed by atoms with van der Waals surface area (Å²) in [6.45, 7) is 0. The largest absolute Gasteiger partial charge is 0.398 e. The molecule has 2 aliphatic carbocycles. The highest BCUT2D eigenvalue weighted by Gasteiger charge is 2.44. The van der Waals surface area contributed by atoms with Crippen LogP contribution in [0.4, 0.5) is 23.0 Å². The third kappa shape index (κ3) is 6.40. The summed E-state index contributed by atoms with van der Waals surface area (Å²) in [5.74, 6) is -0.640. The highest BCUT2D eigenvalue weighted by Crippen LogP contribution is 2.39. The van der Waals surface area contributed by atoms with Crippen LogP contribution in [0, 0.1) is 46.3 Å². The van der Waals surface area contributed by atoms with E-state index in [0.29, 0.717) is 47.2 Å². The Labute approximate surface area is 327 Å². The normalized spacial score (nSPS) is 17.9. The number of nitrogens with one attached hydrogen (secondary N) is 4. The first-order valence-corrected chi connectivity index (χ1v) is 18.3. The van der Waals surface area contributed by atoms with Crippen LogP contribution in [-0.4, -0.2) is 40.9 Å². The Hall–Kier alpha value is -8.24. The van der Waals surface area contributed by atoms with E-state index >= 15 is 0 Å². The van der Waals surface area contributed by atoms with Gasteiger partial charge in [-0.15, -0.1) is 0 Å². The van der Waals surface area contributed by atoms with Crippen LogP contribution in [0.25, 0.3) is 55.0 Å². The number of nitrogens with two attached hydrogens (primary N) is 2. The number of H-pyrrole nitrogens is 2. The first-order valence-electron chi connectivity index (χ1n) is 18.3. The van der Waals surface area contributed by atoms with Gasteiger partial charge in [0.2, 0.25) is 11.8 Å². The summed E-state index contributed by atoms with van der Waals surface area (Å²) in [5.41, 5.74) is 17.1. The van der Waals surface area contributed by atoms with Crippen molar-refractivity contribution in [1.29, 1.82) is 10.5 Å². The number of carbonyl (C=O) groups is 2. The van der Waals surface area contributed by atoms with Gasteiger partial charge in [0.25, 0.3) is 0 Å². The van der Waals surface area contributed by atoms with Crippen molar-refractivity contribution in [2.75, 3.05) is 22.1 Å². The topological polar surface area (TPSA) is 259 Å². The highest BCUT2D eigenvalue weighted by molar-refractivity contribution is 6.01. The molecule has 4 heterocycles. The van der Waals surface area contributed by atoms with E-state index in [4.69, 9.17) is 22.0 Å². The molecule has 0 spiro atoms. The number of aromatic amines is 2. The molecule has 8 aromatic rings. The van der Waals surface area contributed by atoms with Crippen molar-refractivity contribution < 1.29 is 9.59 Å². The molecular formula is C42H32N12O4. The summed E-state index contributed by atoms with van der Waals surface area (Å²) < 4.78 is 3.12. The molecular weight excluding hydrogens is 737 g/mol. The van der Waals surface area contributed by atoms with Gasteiger partial charge in [0.05, 0.1) is 69.3 Å². The zero-order valence-corrected chi connectivity index (χ0v) is 30.4. The maximum absolute atomic E-state index is 12.5. The fourth-order valence-electron chi connectivity index (χ4n) is 7.25. The average molecular weight is 769 g/mol. The van der Waals surface area contributed by atoms with Crippen molar-refractivity contribution in [3.05, 3.63) is 118 Å². The Balaban J connectivity index is 0.000000150. The molecule has 58 heavy (non-hydrogen) atoms. The Kier molecular flexibility index (Phi) is 8.44. The molecule has 2 fully saturated rings. The van der Waals surface area contributed by atoms with Crippen LogP contribution >= 0.6 is 0 Å². The first kappa shape index (κ1) is 35.5. The molecule has 2 amide bonds. The molecule has 0 unspecified atom stereocenters. The van der Waals surface area contributed by atoms with E-state index in [0.717, 1.165) is 43.6 Å². The van der Waals surface area contributed by atoms with Crippen LogP contribution in [0.15, 0.2) is 107 Å². The third-order valence-corrected chi connectivity index (χ3v) is 10.5. The molecule has 0 radical (unpaired) electrons. The van der Waals surface area contributed by atoms with Crippen LogP contribution in [0.2, 0.25) is 0 Å². The van der Waals surface area contributed by atoms with Gasteiger partial charge in [-0.3, -0.25) is 18.7 Å². The van der Waals surface area contributed by atoms with Gasteiger partial charge in [0.15, 0.2) is 0 Å². The van der Waals surface area contributed by atoms with Crippen molar-refractivity contribution in [3.63, 3.8) is 0 Å². The highest BCUT2D eigenvalue weighted by atomic mass is 16.2. The summed E-state index contributed by atoms with van der Waals surface area (Å²) in [4.78, 5) is 63.6. The van der Waals surface area contributed by atoms with Crippen molar-refractivity contribution in [1.82, 2.24) is 29.1 Å². The Bertz CT molecular complexity index is 3000. The molecule has 0 saturated heterocycles. The van der Waals surface area contributed by atoms with Crippen LogP contribution in [0.1, 0.15) is 12.8 Å². The second kappa shape index (κ2) is 13.8. The Morgan fingerprint density at radius 3 is 1.47 bits per heavy atom. The van der Waals surface area contributed by atoms with E-state index in [1.54, 1.807) is 45.8 Å². The van der Waals surface area contributed by atoms with E-state index in [1.165, 1.54) is 0 Å². The summed E-state index contributed by atoms with van der Waals surface area (Å²) in [7, 11) is 0. The van der Waals surface area contributed by atoms with Gasteiger partial charge in [-0.25, -0.2) is 19.6 Å². The van der Waals surface area contributed by atoms with E-state index in [-0.39, 0.29) is 46.9 Å². The number of amides is 2. The lowest BCUT2D eigenvalue weighted by molar-refractivity contribution is -0.118. The molecule has 2 aliphatic rings. The summed E-state index contributed by atoms with van der Waals surface area (Å²) >= 11 is 0. The third-order valence-electron chi connectivity index (χ3n) is 10.5. The van der Waals surface area contributed by atoms with Gasteiger partial charge in [-0.05, 0) is 84.3 Å². The first-order chi connectivity index (χ1) is 28.1. The van der Waals surface area contributed by atoms with E-state index in [2.05, 4.69) is 42.7 Å². The number of nitrogens with zero attached hydrogens (tertiary/aromatic N) is 6. The second-order valence-electron chi connectivity index (χ2n) is 14.4. The van der Waals surface area contributed by atoms with Crippen LogP contribution < -0.4 is 33.5 Å². The zero-order chi connectivity index (χ0) is 40.2. The van der Waals surface area contributed by atoms with E-state index in [1.807, 2.05) is 60.7 Å². The van der Waals surface area contributed by atoms with Crippen molar-refractivity contribution in [2.45, 2.75) is 12.8 Å². The molecule has 16 heteroatoms. The van der Waals surface area contributed by atoms with Crippen LogP contribution in [-0.2, 0) is 9.59 Å². The molecule has 0 bridgehead atoms. The van der Waals surface area contributed by atoms with Crippen molar-refractivity contribution in [3.8, 4) is 23.5 Å². The number of hydrogen-bond acceptors (Lipinski definition) is 10. The molecule has 0 aliphatic heterocycles. The summed E-state index contributed by atoms with van der Waals surface area (Å²) in [5, 5.41) is 26.2. The predicted molar refractivity (Wildman–Crippen MR) is 219 cm³/mol. The van der Waals surface area contributed by atoms with Crippen LogP contribution in [0.3, 0.4) is 0 Å². The minimum Gasteiger partial charge on any atom is -0.398 e. The van der Waals surface area contributed by atoms with Gasteiger partial charge in [0, 0.05) is 34.5 Å². The van der Waals surface area contributed by atoms with E-state index in [9.17, 15) is 19.2 Å². The average Bonchev–Trinajstić information content (AvgIpc) is 4.12. The zero-order valence-electron chi connectivity index (χ0n) is 30.4. The number of para-hydroxylation sites is 4. The maximum atomic E-state index is 12.5. The molecule has 16 nitrogen and oxygen atoms in total. The Morgan fingerprint density at radius 1 is 0.655 bits per heavy atom. The monoisotopic (exact) mass is 768 g/mol. The number of nitriles is 2.